The van der Waals surface area contributed by atoms with Crippen molar-refractivity contribution in [3.8, 4) is 5.75 Å². The molecule has 1 heterocycles. The molecule has 2 aromatic rings. The number of carbonyl (C=O) groups excluding carboxylic acids is 1. The molecule has 0 aliphatic carbocycles. The summed E-state index contributed by atoms with van der Waals surface area (Å²) in [6.45, 7) is 4.85. The number of halogens is 1. The number of nitrogens with one attached hydrogen (secondary N) is 2. The summed E-state index contributed by atoms with van der Waals surface area (Å²) in [5, 5.41) is 15.2. The van der Waals surface area contributed by atoms with Crippen LogP contribution in [0.5, 0.6) is 5.75 Å². The highest BCUT2D eigenvalue weighted by molar-refractivity contribution is 8.02. The van der Waals surface area contributed by atoms with Crippen molar-refractivity contribution in [3.05, 3.63) is 23.2 Å². The van der Waals surface area contributed by atoms with Crippen LogP contribution in [0.15, 0.2) is 22.5 Å². The topological polar surface area (TPSA) is 76.1 Å². The molecule has 0 spiro atoms. The first-order valence-electron chi connectivity index (χ1n) is 7.92. The van der Waals surface area contributed by atoms with Crippen LogP contribution in [0.1, 0.15) is 26.7 Å². The van der Waals surface area contributed by atoms with Gasteiger partial charge in [0.05, 0.1) is 17.4 Å². The van der Waals surface area contributed by atoms with Crippen molar-refractivity contribution in [1.29, 1.82) is 0 Å². The van der Waals surface area contributed by atoms with E-state index in [4.69, 9.17) is 16.3 Å². The molecule has 0 saturated heterocycles. The van der Waals surface area contributed by atoms with Crippen LogP contribution in [0.25, 0.3) is 0 Å². The number of hydrogen-bond acceptors (Lipinski definition) is 7. The monoisotopic (exact) mass is 400 g/mol. The number of amides is 1. The lowest BCUT2D eigenvalue weighted by Crippen LogP contribution is -2.22. The third kappa shape index (κ3) is 6.05. The summed E-state index contributed by atoms with van der Waals surface area (Å²) in [5.74, 6) is 0.445. The Morgan fingerprint density at radius 2 is 2.24 bits per heavy atom. The predicted molar refractivity (Wildman–Crippen MR) is 105 cm³/mol. The number of hydrogen-bond donors (Lipinski definition) is 2. The summed E-state index contributed by atoms with van der Waals surface area (Å²) < 4.78 is 5.86. The number of aromatic nitrogens is 2. The van der Waals surface area contributed by atoms with Gasteiger partial charge < -0.3 is 15.4 Å². The average molecular weight is 401 g/mol. The van der Waals surface area contributed by atoms with Gasteiger partial charge in [-0.15, -0.1) is 10.2 Å². The molecule has 0 unspecified atom stereocenters. The van der Waals surface area contributed by atoms with Crippen molar-refractivity contribution < 1.29 is 9.53 Å². The van der Waals surface area contributed by atoms with Gasteiger partial charge in [0, 0.05) is 12.2 Å². The van der Waals surface area contributed by atoms with E-state index in [1.165, 1.54) is 23.1 Å². The van der Waals surface area contributed by atoms with Gasteiger partial charge in [0.15, 0.2) is 4.34 Å². The zero-order valence-electron chi connectivity index (χ0n) is 14.3. The lowest BCUT2D eigenvalue weighted by molar-refractivity contribution is -0.115. The van der Waals surface area contributed by atoms with Crippen molar-refractivity contribution >= 4 is 51.4 Å². The van der Waals surface area contributed by atoms with Crippen molar-refractivity contribution in [2.75, 3.05) is 24.3 Å². The van der Waals surface area contributed by atoms with Crippen LogP contribution < -0.4 is 15.4 Å². The number of nitrogens with zero attached hydrogens (tertiary/aromatic N) is 2. The number of anilines is 2. The third-order valence-corrected chi connectivity index (χ3v) is 5.64. The van der Waals surface area contributed by atoms with Gasteiger partial charge in [0.1, 0.15) is 5.75 Å². The molecule has 25 heavy (non-hydrogen) atoms. The molecule has 0 saturated carbocycles. The molecular formula is C16H21ClN4O2S2. The first-order chi connectivity index (χ1) is 12.0. The highest BCUT2D eigenvalue weighted by Crippen LogP contribution is 2.30. The van der Waals surface area contributed by atoms with Crippen LogP contribution in [-0.2, 0) is 4.79 Å². The van der Waals surface area contributed by atoms with Gasteiger partial charge in [0.2, 0.25) is 11.0 Å². The van der Waals surface area contributed by atoms with E-state index in [0.717, 1.165) is 28.9 Å². The maximum atomic E-state index is 12.3. The minimum atomic E-state index is -0.308. The van der Waals surface area contributed by atoms with Crippen LogP contribution in [0.2, 0.25) is 5.02 Å². The Morgan fingerprint density at radius 1 is 1.44 bits per heavy atom. The minimum Gasteiger partial charge on any atom is -0.495 e. The molecule has 2 N–H and O–H groups in total. The molecule has 0 aliphatic heterocycles. The van der Waals surface area contributed by atoms with E-state index in [1.54, 1.807) is 25.3 Å². The number of ether oxygens (including phenoxy) is 1. The normalized spacial score (nSPS) is 11.8. The van der Waals surface area contributed by atoms with Crippen LogP contribution in [0.4, 0.5) is 10.8 Å². The largest absolute Gasteiger partial charge is 0.495 e. The van der Waals surface area contributed by atoms with Gasteiger partial charge in [-0.25, -0.2) is 0 Å². The fourth-order valence-electron chi connectivity index (χ4n) is 1.89. The minimum absolute atomic E-state index is 0.123. The molecule has 0 radical (unpaired) electrons. The van der Waals surface area contributed by atoms with E-state index >= 15 is 0 Å². The molecule has 0 aliphatic rings. The molecule has 2 rings (SSSR count). The molecule has 1 atom stereocenters. The van der Waals surface area contributed by atoms with Crippen molar-refractivity contribution in [3.63, 3.8) is 0 Å². The first kappa shape index (κ1) is 19.8. The second-order valence-electron chi connectivity index (χ2n) is 5.25. The first-order valence-corrected chi connectivity index (χ1v) is 9.99. The Kier molecular flexibility index (Phi) is 7.80. The highest BCUT2D eigenvalue weighted by Gasteiger charge is 2.17. The van der Waals surface area contributed by atoms with Gasteiger partial charge in [-0.3, -0.25) is 4.79 Å². The Morgan fingerprint density at radius 3 is 2.92 bits per heavy atom. The second kappa shape index (κ2) is 9.84. The van der Waals surface area contributed by atoms with Gasteiger partial charge in [-0.1, -0.05) is 48.0 Å². The SMILES string of the molecule is CCCCNc1nnc(S[C@H](C)C(=O)Nc2ccc(OC)c(Cl)c2)s1. The average Bonchev–Trinajstić information content (AvgIpc) is 3.02. The molecular weight excluding hydrogens is 380 g/mol. The summed E-state index contributed by atoms with van der Waals surface area (Å²) in [7, 11) is 1.55. The molecule has 6 nitrogen and oxygen atoms in total. The lowest BCUT2D eigenvalue weighted by Gasteiger charge is -2.11. The summed E-state index contributed by atoms with van der Waals surface area (Å²) in [5.41, 5.74) is 0.627. The van der Waals surface area contributed by atoms with Gasteiger partial charge >= 0.3 is 0 Å². The molecule has 0 bridgehead atoms. The third-order valence-electron chi connectivity index (χ3n) is 3.28. The maximum absolute atomic E-state index is 12.3. The fourth-order valence-corrected chi connectivity index (χ4v) is 4.07. The number of thioether (sulfide) groups is 1. The van der Waals surface area contributed by atoms with E-state index in [-0.39, 0.29) is 11.2 Å². The Hall–Kier alpha value is -1.51. The quantitative estimate of drug-likeness (QED) is 0.475. The van der Waals surface area contributed by atoms with Gasteiger partial charge in [0.25, 0.3) is 0 Å². The molecule has 1 amide bonds. The zero-order chi connectivity index (χ0) is 18.2. The van der Waals surface area contributed by atoms with E-state index in [2.05, 4.69) is 27.8 Å². The van der Waals surface area contributed by atoms with E-state index in [9.17, 15) is 4.79 Å². The molecule has 136 valence electrons. The number of unbranched alkanes of at least 4 members (excludes halogenated alkanes) is 1. The zero-order valence-corrected chi connectivity index (χ0v) is 16.7. The van der Waals surface area contributed by atoms with E-state index in [1.807, 2.05) is 6.92 Å². The molecule has 1 aromatic heterocycles. The molecule has 1 aromatic carbocycles. The molecule has 9 heteroatoms. The predicted octanol–water partition coefficient (Wildman–Crippen LogP) is 4.53. The summed E-state index contributed by atoms with van der Waals surface area (Å²) in [6.07, 6.45) is 2.21. The maximum Gasteiger partial charge on any atom is 0.237 e. The molecule has 0 fully saturated rings. The second-order valence-corrected chi connectivity index (χ2v) is 8.22. The van der Waals surface area contributed by atoms with Crippen LogP contribution in [0.3, 0.4) is 0 Å². The van der Waals surface area contributed by atoms with Crippen molar-refractivity contribution in [1.82, 2.24) is 10.2 Å². The van der Waals surface area contributed by atoms with Crippen LogP contribution in [-0.4, -0.2) is 35.0 Å². The number of rotatable bonds is 9. The Labute approximate surface area is 160 Å². The highest BCUT2D eigenvalue weighted by atomic mass is 35.5. The summed E-state index contributed by atoms with van der Waals surface area (Å²) in [6, 6.07) is 5.13. The van der Waals surface area contributed by atoms with Crippen molar-refractivity contribution in [2.45, 2.75) is 36.3 Å². The van der Waals surface area contributed by atoms with Crippen LogP contribution in [0, 0.1) is 0 Å². The van der Waals surface area contributed by atoms with Gasteiger partial charge in [-0.2, -0.15) is 0 Å². The Balaban J connectivity index is 1.88. The van der Waals surface area contributed by atoms with E-state index < -0.39 is 0 Å². The smallest absolute Gasteiger partial charge is 0.237 e. The fraction of sp³-hybridized carbons (Fsp3) is 0.438. The number of benzene rings is 1. The van der Waals surface area contributed by atoms with Gasteiger partial charge in [-0.05, 0) is 31.5 Å². The summed E-state index contributed by atoms with van der Waals surface area (Å²) in [4.78, 5) is 12.3. The Bertz CT molecular complexity index is 711. The van der Waals surface area contributed by atoms with E-state index in [0.29, 0.717) is 16.5 Å². The standard InChI is InChI=1S/C16H21ClN4O2S2/c1-4-5-8-18-15-20-21-16(25-15)24-10(2)14(22)19-11-6-7-13(23-3)12(17)9-11/h6-7,9-10H,4-5,8H2,1-3H3,(H,18,20)(H,19,22)/t10-/m1/s1. The van der Waals surface area contributed by atoms with Crippen LogP contribution >= 0.6 is 34.7 Å². The summed E-state index contributed by atoms with van der Waals surface area (Å²) >= 11 is 8.90. The van der Waals surface area contributed by atoms with Crippen molar-refractivity contribution in [2.24, 2.45) is 0 Å². The number of carbonyl (C=O) groups is 1. The lowest BCUT2D eigenvalue weighted by atomic mass is 10.3. The number of methoxy groups -OCH3 is 1.